The van der Waals surface area contributed by atoms with Crippen molar-refractivity contribution in [2.45, 2.75) is 0 Å². The molecule has 17 heavy (non-hydrogen) atoms. The van der Waals surface area contributed by atoms with E-state index in [4.69, 9.17) is 51.1 Å². The normalized spacial score (nSPS) is 10.4. The molecule has 0 bridgehead atoms. The summed E-state index contributed by atoms with van der Waals surface area (Å²) in [7, 11) is 0. The molecule has 2 rings (SSSR count). The summed E-state index contributed by atoms with van der Waals surface area (Å²) in [6, 6.07) is 4.68. The summed E-state index contributed by atoms with van der Waals surface area (Å²) >= 11 is 22.9. The third kappa shape index (κ3) is 3.33. The molecular formula is C9H3Cl4N3O. The number of rotatable bonds is 2. The van der Waals surface area contributed by atoms with Crippen LogP contribution in [0, 0.1) is 0 Å². The maximum absolute atomic E-state index is 5.90. The summed E-state index contributed by atoms with van der Waals surface area (Å²) < 4.78 is 5.30. The van der Waals surface area contributed by atoms with Gasteiger partial charge in [-0.05, 0) is 35.3 Å². The third-order valence-electron chi connectivity index (χ3n) is 1.65. The van der Waals surface area contributed by atoms with Crippen LogP contribution >= 0.6 is 46.4 Å². The lowest BCUT2D eigenvalue weighted by Gasteiger charge is -2.05. The minimum absolute atomic E-state index is 0.0563. The molecule has 0 aliphatic heterocycles. The zero-order chi connectivity index (χ0) is 12.4. The van der Waals surface area contributed by atoms with Gasteiger partial charge in [0.2, 0.25) is 10.6 Å². The first-order valence-corrected chi connectivity index (χ1v) is 5.76. The lowest BCUT2D eigenvalue weighted by atomic mass is 10.3. The zero-order valence-electron chi connectivity index (χ0n) is 7.99. The molecule has 88 valence electrons. The van der Waals surface area contributed by atoms with E-state index in [1.807, 2.05) is 0 Å². The minimum Gasteiger partial charge on any atom is -0.423 e. The fourth-order valence-electron chi connectivity index (χ4n) is 1.01. The monoisotopic (exact) mass is 309 g/mol. The average Bonchev–Trinajstić information content (AvgIpc) is 2.22. The summed E-state index contributed by atoms with van der Waals surface area (Å²) in [6.07, 6.45) is 0. The maximum Gasteiger partial charge on any atom is 0.327 e. The van der Waals surface area contributed by atoms with Gasteiger partial charge in [0.05, 0.1) is 5.02 Å². The van der Waals surface area contributed by atoms with E-state index in [-0.39, 0.29) is 16.6 Å². The summed E-state index contributed by atoms with van der Waals surface area (Å²) in [5.41, 5.74) is 0. The first-order valence-electron chi connectivity index (χ1n) is 4.24. The molecule has 0 atom stereocenters. The Hall–Kier alpha value is -0.810. The highest BCUT2D eigenvalue weighted by molar-refractivity contribution is 6.34. The molecular weight excluding hydrogens is 308 g/mol. The van der Waals surface area contributed by atoms with E-state index in [9.17, 15) is 0 Å². The van der Waals surface area contributed by atoms with Crippen LogP contribution in [0.4, 0.5) is 0 Å². The van der Waals surface area contributed by atoms with E-state index in [0.29, 0.717) is 15.8 Å². The number of nitrogens with zero attached hydrogens (tertiary/aromatic N) is 3. The highest BCUT2D eigenvalue weighted by atomic mass is 35.5. The van der Waals surface area contributed by atoms with Gasteiger partial charge in [-0.1, -0.05) is 23.2 Å². The Morgan fingerprint density at radius 2 is 1.53 bits per heavy atom. The van der Waals surface area contributed by atoms with Gasteiger partial charge in [0, 0.05) is 11.1 Å². The molecule has 0 spiro atoms. The highest BCUT2D eigenvalue weighted by Crippen LogP contribution is 2.30. The van der Waals surface area contributed by atoms with Crippen molar-refractivity contribution in [2.75, 3.05) is 0 Å². The number of ether oxygens (including phenoxy) is 1. The summed E-state index contributed by atoms with van der Waals surface area (Å²) in [6.45, 7) is 0. The second kappa shape index (κ2) is 5.23. The van der Waals surface area contributed by atoms with Gasteiger partial charge in [-0.2, -0.15) is 15.0 Å². The number of hydrogen-bond donors (Lipinski definition) is 0. The summed E-state index contributed by atoms with van der Waals surface area (Å²) in [4.78, 5) is 11.1. The number of aromatic nitrogens is 3. The van der Waals surface area contributed by atoms with Crippen LogP contribution in [0.15, 0.2) is 18.2 Å². The Morgan fingerprint density at radius 1 is 0.882 bits per heavy atom. The fraction of sp³-hybridized carbons (Fsp3) is 0. The van der Waals surface area contributed by atoms with E-state index < -0.39 is 0 Å². The Kier molecular flexibility index (Phi) is 3.89. The largest absolute Gasteiger partial charge is 0.423 e. The average molecular weight is 311 g/mol. The van der Waals surface area contributed by atoms with Gasteiger partial charge in [-0.15, -0.1) is 0 Å². The second-order valence-corrected chi connectivity index (χ2v) is 4.35. The molecule has 2 aromatic rings. The lowest BCUT2D eigenvalue weighted by Crippen LogP contribution is -1.95. The molecule has 8 heteroatoms. The van der Waals surface area contributed by atoms with Crippen LogP contribution in [0.3, 0.4) is 0 Å². The van der Waals surface area contributed by atoms with Crippen molar-refractivity contribution in [1.29, 1.82) is 0 Å². The van der Waals surface area contributed by atoms with Gasteiger partial charge in [0.15, 0.2) is 5.75 Å². The second-order valence-electron chi connectivity index (χ2n) is 2.83. The molecule has 0 saturated carbocycles. The van der Waals surface area contributed by atoms with Crippen molar-refractivity contribution in [3.8, 4) is 11.8 Å². The van der Waals surface area contributed by atoms with Crippen LogP contribution < -0.4 is 4.74 Å². The number of halogens is 4. The minimum atomic E-state index is -0.0712. The van der Waals surface area contributed by atoms with E-state index in [0.717, 1.165) is 0 Å². The molecule has 0 unspecified atom stereocenters. The van der Waals surface area contributed by atoms with Crippen LogP contribution in [0.1, 0.15) is 0 Å². The summed E-state index contributed by atoms with van der Waals surface area (Å²) in [5, 5.41) is 0.689. The molecule has 0 amide bonds. The Balaban J connectivity index is 2.34. The molecule has 0 aliphatic rings. The van der Waals surface area contributed by atoms with Crippen LogP contribution in [-0.2, 0) is 0 Å². The molecule has 0 saturated heterocycles. The quantitative estimate of drug-likeness (QED) is 0.830. The van der Waals surface area contributed by atoms with Crippen LogP contribution in [0.25, 0.3) is 0 Å². The van der Waals surface area contributed by atoms with Crippen LogP contribution in [0.2, 0.25) is 20.6 Å². The fourth-order valence-corrected chi connectivity index (χ4v) is 1.67. The first-order chi connectivity index (χ1) is 8.04. The van der Waals surface area contributed by atoms with Gasteiger partial charge in [-0.25, -0.2) is 0 Å². The third-order valence-corrected chi connectivity index (χ3v) is 2.54. The summed E-state index contributed by atoms with van der Waals surface area (Å²) in [5.74, 6) is 0.303. The Labute approximate surface area is 116 Å². The van der Waals surface area contributed by atoms with Crippen LogP contribution in [0.5, 0.6) is 11.8 Å². The van der Waals surface area contributed by atoms with Crippen molar-refractivity contribution < 1.29 is 4.74 Å². The molecule has 0 N–H and O–H groups in total. The molecule has 1 aromatic heterocycles. The molecule has 0 radical (unpaired) electrons. The van der Waals surface area contributed by atoms with Gasteiger partial charge in [0.1, 0.15) is 0 Å². The molecule has 0 fully saturated rings. The zero-order valence-corrected chi connectivity index (χ0v) is 11.0. The standard InChI is InChI=1S/C9H3Cl4N3O/c10-4-1-2-5(11)6(3-4)17-9-15-7(12)14-8(13)16-9/h1-3H. The van der Waals surface area contributed by atoms with E-state index >= 15 is 0 Å². The Bertz CT molecular complexity index is 544. The van der Waals surface area contributed by atoms with Crippen molar-refractivity contribution in [3.63, 3.8) is 0 Å². The van der Waals surface area contributed by atoms with Crippen LogP contribution in [-0.4, -0.2) is 15.0 Å². The van der Waals surface area contributed by atoms with Gasteiger partial charge < -0.3 is 4.74 Å². The smallest absolute Gasteiger partial charge is 0.327 e. The molecule has 1 heterocycles. The molecule has 4 nitrogen and oxygen atoms in total. The van der Waals surface area contributed by atoms with Crippen molar-refractivity contribution in [2.24, 2.45) is 0 Å². The number of hydrogen-bond acceptors (Lipinski definition) is 4. The van der Waals surface area contributed by atoms with E-state index in [2.05, 4.69) is 15.0 Å². The lowest BCUT2D eigenvalue weighted by molar-refractivity contribution is 0.440. The van der Waals surface area contributed by atoms with Crippen molar-refractivity contribution in [1.82, 2.24) is 15.0 Å². The Morgan fingerprint density at radius 3 is 2.18 bits per heavy atom. The van der Waals surface area contributed by atoms with Crippen molar-refractivity contribution in [3.05, 3.63) is 38.8 Å². The number of benzene rings is 1. The molecule has 0 aliphatic carbocycles. The SMILES string of the molecule is Clc1ccc(Cl)c(Oc2nc(Cl)nc(Cl)n2)c1. The van der Waals surface area contributed by atoms with Crippen molar-refractivity contribution >= 4 is 46.4 Å². The van der Waals surface area contributed by atoms with Gasteiger partial charge in [-0.3, -0.25) is 0 Å². The first kappa shape index (κ1) is 12.6. The predicted molar refractivity (Wildman–Crippen MR) is 66.4 cm³/mol. The highest BCUT2D eigenvalue weighted by Gasteiger charge is 2.09. The predicted octanol–water partition coefficient (Wildman–Crippen LogP) is 4.28. The van der Waals surface area contributed by atoms with Gasteiger partial charge >= 0.3 is 6.01 Å². The van der Waals surface area contributed by atoms with E-state index in [1.165, 1.54) is 6.07 Å². The maximum atomic E-state index is 5.90. The van der Waals surface area contributed by atoms with E-state index in [1.54, 1.807) is 12.1 Å². The topological polar surface area (TPSA) is 47.9 Å². The molecule has 1 aromatic carbocycles. The van der Waals surface area contributed by atoms with Gasteiger partial charge in [0.25, 0.3) is 0 Å².